The number of ether oxygens (including phenoxy) is 1. The van der Waals surface area contributed by atoms with Crippen molar-refractivity contribution in [2.45, 2.75) is 25.7 Å². The summed E-state index contributed by atoms with van der Waals surface area (Å²) in [5.41, 5.74) is 1.49. The van der Waals surface area contributed by atoms with E-state index in [1.54, 1.807) is 60.9 Å². The highest BCUT2D eigenvalue weighted by Gasteiger charge is 2.18. The van der Waals surface area contributed by atoms with Crippen molar-refractivity contribution >= 4 is 0 Å². The molecule has 8 heteroatoms. The molecule has 1 fully saturated rings. The molecule has 0 spiro atoms. The van der Waals surface area contributed by atoms with Crippen LogP contribution in [0.3, 0.4) is 0 Å². The van der Waals surface area contributed by atoms with E-state index in [2.05, 4.69) is 33.1 Å². The largest absolute Gasteiger partial charge is 0.490 e. The Morgan fingerprint density at radius 3 is 2.63 bits per heavy atom. The summed E-state index contributed by atoms with van der Waals surface area (Å²) in [5.74, 6) is 1.46. The molecular weight excluding hydrogens is 476 g/mol. The van der Waals surface area contributed by atoms with E-state index in [-0.39, 0.29) is 5.56 Å². The van der Waals surface area contributed by atoms with Crippen LogP contribution in [0.4, 0.5) is 0 Å². The number of hydrogen-bond donors (Lipinski definition) is 0. The second-order valence-corrected chi connectivity index (χ2v) is 9.43. The zero-order valence-electron chi connectivity index (χ0n) is 24.1. The molecule has 0 unspecified atom stereocenters. The fraction of sp³-hybridized carbons (Fsp3) is 0.300. The predicted octanol–water partition coefficient (Wildman–Crippen LogP) is 4.57. The number of nitrogens with zero attached hydrogens (tertiary/aromatic N) is 6. The minimum atomic E-state index is -2.17. The number of rotatable bonds is 7. The van der Waals surface area contributed by atoms with Gasteiger partial charge in [-0.05, 0) is 75.6 Å². The Kier molecular flexibility index (Phi) is 6.49. The van der Waals surface area contributed by atoms with E-state index in [1.165, 1.54) is 12.1 Å². The van der Waals surface area contributed by atoms with Crippen LogP contribution in [0.5, 0.6) is 5.75 Å². The Labute approximate surface area is 226 Å². The number of nitriles is 1. The monoisotopic (exact) mass is 509 g/mol. The van der Waals surface area contributed by atoms with Crippen LogP contribution in [0.15, 0.2) is 77.9 Å². The maximum absolute atomic E-state index is 13.0. The van der Waals surface area contributed by atoms with E-state index in [4.69, 9.17) is 7.48 Å². The molecular formula is C30H30N6O2. The van der Waals surface area contributed by atoms with E-state index in [9.17, 15) is 11.4 Å². The highest BCUT2D eigenvalue weighted by molar-refractivity contribution is 5.61. The molecule has 192 valence electrons. The summed E-state index contributed by atoms with van der Waals surface area (Å²) < 4.78 is 32.5. The molecule has 0 amide bonds. The summed E-state index contributed by atoms with van der Waals surface area (Å²) in [7, 11) is 2.13. The first-order valence-corrected chi connectivity index (χ1v) is 12.5. The first-order chi connectivity index (χ1) is 19.8. The molecule has 3 heterocycles. The molecule has 0 aliphatic carbocycles. The molecule has 2 aromatic carbocycles. The third-order valence-electron chi connectivity index (χ3n) is 6.68. The molecule has 5 rings (SSSR count). The Hall–Kier alpha value is -4.35. The summed E-state index contributed by atoms with van der Waals surface area (Å²) >= 11 is 0. The second-order valence-electron chi connectivity index (χ2n) is 9.43. The second kappa shape index (κ2) is 11.4. The first kappa shape index (κ1) is 21.7. The average Bonchev–Trinajstić information content (AvgIpc) is 3.01. The summed E-state index contributed by atoms with van der Waals surface area (Å²) in [5, 5.41) is 13.6. The Morgan fingerprint density at radius 1 is 1.11 bits per heavy atom. The molecule has 0 saturated carbocycles. The van der Waals surface area contributed by atoms with Gasteiger partial charge in [0, 0.05) is 19.9 Å². The molecule has 1 atom stereocenters. The fourth-order valence-electron chi connectivity index (χ4n) is 4.41. The van der Waals surface area contributed by atoms with Crippen molar-refractivity contribution in [3.63, 3.8) is 0 Å². The summed E-state index contributed by atoms with van der Waals surface area (Å²) in [6, 6.07) is 16.0. The van der Waals surface area contributed by atoms with E-state index in [1.807, 2.05) is 0 Å². The lowest BCUT2D eigenvalue weighted by Crippen LogP contribution is -2.32. The van der Waals surface area contributed by atoms with Gasteiger partial charge in [-0.25, -0.2) is 14.6 Å². The molecule has 1 aliphatic rings. The maximum atomic E-state index is 13.0. The molecule has 4 aromatic rings. The minimum Gasteiger partial charge on any atom is -0.490 e. The molecule has 0 radical (unpaired) electrons. The van der Waals surface area contributed by atoms with Gasteiger partial charge in [0.1, 0.15) is 0 Å². The van der Waals surface area contributed by atoms with Gasteiger partial charge in [-0.15, -0.1) is 0 Å². The van der Waals surface area contributed by atoms with E-state index < -0.39 is 18.5 Å². The van der Waals surface area contributed by atoms with Crippen LogP contribution in [0, 0.1) is 17.2 Å². The lowest BCUT2D eigenvalue weighted by Gasteiger charge is -2.28. The molecule has 8 nitrogen and oxygen atoms in total. The number of benzene rings is 2. The van der Waals surface area contributed by atoms with Crippen molar-refractivity contribution in [2.24, 2.45) is 5.92 Å². The highest BCUT2D eigenvalue weighted by Crippen LogP contribution is 2.24. The number of likely N-dealkylation sites (tertiary alicyclic amines) is 1. The fourth-order valence-corrected chi connectivity index (χ4v) is 4.41. The van der Waals surface area contributed by atoms with Gasteiger partial charge in [0.15, 0.2) is 11.6 Å². The summed E-state index contributed by atoms with van der Waals surface area (Å²) in [6.07, 6.45) is 5.41. The van der Waals surface area contributed by atoms with Crippen LogP contribution in [0.2, 0.25) is 0 Å². The van der Waals surface area contributed by atoms with Crippen LogP contribution in [0.1, 0.15) is 41.0 Å². The van der Waals surface area contributed by atoms with Crippen LogP contribution < -0.4 is 10.3 Å². The average molecular weight is 510 g/mol. The van der Waals surface area contributed by atoms with E-state index >= 15 is 0 Å². The summed E-state index contributed by atoms with van der Waals surface area (Å²) in [6.45, 7) is 0.938. The number of hydrogen-bond acceptors (Lipinski definition) is 7. The Bertz CT molecular complexity index is 1610. The topological polar surface area (TPSA) is 96.9 Å². The zero-order chi connectivity index (χ0) is 29.0. The van der Waals surface area contributed by atoms with Gasteiger partial charge in [0.25, 0.3) is 5.56 Å². The molecule has 2 aromatic heterocycles. The van der Waals surface area contributed by atoms with Crippen LogP contribution in [-0.2, 0) is 0 Å². The van der Waals surface area contributed by atoms with Gasteiger partial charge in [0.2, 0.25) is 0 Å². The predicted molar refractivity (Wildman–Crippen MR) is 146 cm³/mol. The third kappa shape index (κ3) is 5.79. The minimum absolute atomic E-state index is 0.216. The number of piperidine rings is 1. The normalized spacial score (nSPS) is 17.1. The molecule has 0 N–H and O–H groups in total. The Balaban J connectivity index is 1.42. The lowest BCUT2D eigenvalue weighted by molar-refractivity contribution is 0.159. The molecule has 1 aliphatic heterocycles. The molecule has 1 saturated heterocycles. The van der Waals surface area contributed by atoms with E-state index in [0.717, 1.165) is 30.6 Å². The van der Waals surface area contributed by atoms with E-state index in [0.29, 0.717) is 46.5 Å². The number of aromatic nitrogens is 4. The van der Waals surface area contributed by atoms with Gasteiger partial charge in [-0.3, -0.25) is 4.79 Å². The van der Waals surface area contributed by atoms with Gasteiger partial charge in [-0.2, -0.15) is 10.4 Å². The Morgan fingerprint density at radius 2 is 1.87 bits per heavy atom. The first-order valence-electron chi connectivity index (χ1n) is 14.1. The van der Waals surface area contributed by atoms with Crippen molar-refractivity contribution < 1.29 is 8.85 Å². The van der Waals surface area contributed by atoms with Crippen molar-refractivity contribution in [1.29, 1.82) is 5.26 Å². The zero-order valence-corrected chi connectivity index (χ0v) is 21.1. The van der Waals surface area contributed by atoms with Crippen molar-refractivity contribution in [3.05, 3.63) is 94.5 Å². The van der Waals surface area contributed by atoms with Gasteiger partial charge >= 0.3 is 0 Å². The molecule has 0 bridgehead atoms. The van der Waals surface area contributed by atoms with Gasteiger partial charge in [-0.1, -0.05) is 30.3 Å². The van der Waals surface area contributed by atoms with Crippen LogP contribution in [0.25, 0.3) is 22.6 Å². The maximum Gasteiger partial charge on any atom is 0.267 e. The summed E-state index contributed by atoms with van der Waals surface area (Å²) in [4.78, 5) is 24.2. The van der Waals surface area contributed by atoms with Crippen LogP contribution >= 0.6 is 0 Å². The van der Waals surface area contributed by atoms with Crippen molar-refractivity contribution in [2.75, 3.05) is 26.7 Å². The smallest absolute Gasteiger partial charge is 0.267 e. The highest BCUT2D eigenvalue weighted by atomic mass is 16.5. The SMILES string of the molecule is [2H]C([2H])[C@]([2H])(c1cccc(-c2ncc(OCC3CCN(C)CC3)cn2)c1)n1nc(-c2cccc(C#N)c2)ccc1=O. The van der Waals surface area contributed by atoms with Gasteiger partial charge < -0.3 is 9.64 Å². The third-order valence-corrected chi connectivity index (χ3v) is 6.68. The standard InChI is InChI=1S/C30H30N6O2/c1-21(36-29(37)10-9-28(34-36)25-7-3-5-23(15-25)17-31)24-6-4-8-26(16-24)30-32-18-27(19-33-30)38-20-22-11-13-35(2)14-12-22/h3-10,15-16,18-19,21-22H,11-14,20H2,1-2H3/t21-/m1/s1/i1D2,21D. The molecule has 38 heavy (non-hydrogen) atoms. The van der Waals surface area contributed by atoms with Gasteiger partial charge in [0.05, 0.1) is 43.7 Å². The van der Waals surface area contributed by atoms with Crippen molar-refractivity contribution in [3.8, 4) is 34.5 Å². The lowest BCUT2D eigenvalue weighted by atomic mass is 9.98. The quantitative estimate of drug-likeness (QED) is 0.360. The van der Waals surface area contributed by atoms with Crippen LogP contribution in [-0.4, -0.2) is 51.4 Å². The van der Waals surface area contributed by atoms with Crippen molar-refractivity contribution in [1.82, 2.24) is 24.6 Å².